The van der Waals surface area contributed by atoms with Gasteiger partial charge in [0.05, 0.1) is 29.4 Å². The lowest BCUT2D eigenvalue weighted by molar-refractivity contribution is 0.415. The number of rotatable bonds is 5. The molecule has 0 aliphatic carbocycles. The van der Waals surface area contributed by atoms with Gasteiger partial charge in [-0.25, -0.2) is 17.4 Å². The fraction of sp³-hybridized carbons (Fsp3) is 0.214. The molecule has 0 N–H and O–H groups in total. The van der Waals surface area contributed by atoms with E-state index < -0.39 is 10.0 Å². The van der Waals surface area contributed by atoms with Gasteiger partial charge < -0.3 is 9.30 Å². The van der Waals surface area contributed by atoms with Crippen molar-refractivity contribution in [2.75, 3.05) is 7.11 Å². The van der Waals surface area contributed by atoms with E-state index in [0.717, 1.165) is 38.3 Å². The highest BCUT2D eigenvalue weighted by molar-refractivity contribution is 7.90. The Morgan fingerprint density at radius 1 is 0.973 bits per heavy atom. The molecular formula is C28H27N5O3S. The average molecular weight is 514 g/mol. The first-order chi connectivity index (χ1) is 17.7. The van der Waals surface area contributed by atoms with Gasteiger partial charge in [-0.05, 0) is 57.2 Å². The van der Waals surface area contributed by atoms with Gasteiger partial charge in [-0.15, -0.1) is 0 Å². The lowest BCUT2D eigenvalue weighted by atomic mass is 10.1. The van der Waals surface area contributed by atoms with E-state index in [-0.39, 0.29) is 10.9 Å². The van der Waals surface area contributed by atoms with Crippen LogP contribution in [0.5, 0.6) is 5.75 Å². The molecule has 0 bridgehead atoms. The Morgan fingerprint density at radius 2 is 1.73 bits per heavy atom. The molecule has 0 radical (unpaired) electrons. The van der Waals surface area contributed by atoms with E-state index in [4.69, 9.17) is 4.74 Å². The zero-order chi connectivity index (χ0) is 26.1. The molecule has 0 saturated carbocycles. The number of hydrogen-bond acceptors (Lipinski definition) is 5. The van der Waals surface area contributed by atoms with Crippen LogP contribution in [0.4, 0.5) is 0 Å². The lowest BCUT2D eigenvalue weighted by Gasteiger charge is -2.12. The number of fused-ring (bicyclic) bond motifs is 4. The van der Waals surface area contributed by atoms with Gasteiger partial charge in [0, 0.05) is 52.7 Å². The van der Waals surface area contributed by atoms with Crippen LogP contribution in [0.25, 0.3) is 44.1 Å². The monoisotopic (exact) mass is 513 g/mol. The molecule has 0 unspecified atom stereocenters. The van der Waals surface area contributed by atoms with Gasteiger partial charge in [-0.2, -0.15) is 5.10 Å². The summed E-state index contributed by atoms with van der Waals surface area (Å²) in [5, 5.41) is 6.85. The quantitative estimate of drug-likeness (QED) is 0.296. The summed E-state index contributed by atoms with van der Waals surface area (Å²) in [5.74, 6) is 0.700. The Balaban J connectivity index is 1.77. The summed E-state index contributed by atoms with van der Waals surface area (Å²) >= 11 is 0. The molecule has 4 heterocycles. The first-order valence-electron chi connectivity index (χ1n) is 12.0. The van der Waals surface area contributed by atoms with E-state index in [0.29, 0.717) is 17.1 Å². The number of methoxy groups -OCH3 is 1. The predicted molar refractivity (Wildman–Crippen MR) is 146 cm³/mol. The second-order valence-corrected chi connectivity index (χ2v) is 11.4. The summed E-state index contributed by atoms with van der Waals surface area (Å²) in [7, 11) is -0.517. The van der Waals surface area contributed by atoms with E-state index in [9.17, 15) is 8.42 Å². The van der Waals surface area contributed by atoms with Crippen LogP contribution >= 0.6 is 0 Å². The number of benzene rings is 2. The van der Waals surface area contributed by atoms with Crippen LogP contribution in [-0.2, 0) is 17.1 Å². The summed E-state index contributed by atoms with van der Waals surface area (Å²) in [6.45, 7) is 6.14. The Bertz CT molecular complexity index is 1930. The van der Waals surface area contributed by atoms with Crippen LogP contribution in [0.2, 0.25) is 0 Å². The standard InChI is InChI=1S/C28H27N5O3S/c1-17(2)32-16-24(22-12-20(36-5)8-11-25(22)32)26-13-23-27-19(15-30-31(27)4)14-29-28(23)33(26)37(34,35)21-9-6-18(3)7-10-21/h6-17H,1-5H3. The van der Waals surface area contributed by atoms with Crippen molar-refractivity contribution in [1.29, 1.82) is 0 Å². The topological polar surface area (TPSA) is 83.9 Å². The molecule has 37 heavy (non-hydrogen) atoms. The summed E-state index contributed by atoms with van der Waals surface area (Å²) in [6, 6.07) is 14.9. The summed E-state index contributed by atoms with van der Waals surface area (Å²) in [4.78, 5) is 4.84. The zero-order valence-electron chi connectivity index (χ0n) is 21.3. The minimum atomic E-state index is -3.99. The lowest BCUT2D eigenvalue weighted by Crippen LogP contribution is -2.14. The van der Waals surface area contributed by atoms with Crippen molar-refractivity contribution in [3.05, 3.63) is 72.7 Å². The molecule has 0 spiro atoms. The fourth-order valence-corrected chi connectivity index (χ4v) is 6.50. The Hall–Kier alpha value is -4.11. The zero-order valence-corrected chi connectivity index (χ0v) is 22.1. The third-order valence-electron chi connectivity index (χ3n) is 6.91. The molecule has 0 amide bonds. The first kappa shape index (κ1) is 23.3. The SMILES string of the molecule is COc1ccc2c(c1)c(-c1cc3c4c(cnc3n1S(=O)(=O)c1ccc(C)cc1)cnn4C)cn2C(C)C. The Kier molecular flexibility index (Phi) is 5.17. The van der Waals surface area contributed by atoms with E-state index in [1.807, 2.05) is 44.4 Å². The smallest absolute Gasteiger partial charge is 0.269 e. The van der Waals surface area contributed by atoms with Gasteiger partial charge in [0.1, 0.15) is 5.75 Å². The molecule has 6 rings (SSSR count). The number of pyridine rings is 1. The molecule has 0 aliphatic rings. The summed E-state index contributed by atoms with van der Waals surface area (Å²) in [5.41, 5.74) is 4.49. The molecule has 188 valence electrons. The maximum Gasteiger partial charge on any atom is 0.269 e. The number of hydrogen-bond donors (Lipinski definition) is 0. The van der Waals surface area contributed by atoms with E-state index >= 15 is 0 Å². The van der Waals surface area contributed by atoms with Crippen molar-refractivity contribution in [2.45, 2.75) is 31.7 Å². The summed E-state index contributed by atoms with van der Waals surface area (Å²) < 4.78 is 39.3. The second-order valence-electron chi connectivity index (χ2n) is 9.61. The molecular weight excluding hydrogens is 486 g/mol. The molecule has 0 aliphatic heterocycles. The fourth-order valence-electron chi connectivity index (χ4n) is 5.03. The van der Waals surface area contributed by atoms with Crippen LogP contribution in [0.3, 0.4) is 0 Å². The molecule has 9 heteroatoms. The normalized spacial score (nSPS) is 12.4. The third-order valence-corrected chi connectivity index (χ3v) is 8.63. The highest BCUT2D eigenvalue weighted by Gasteiger charge is 2.28. The van der Waals surface area contributed by atoms with Crippen molar-refractivity contribution in [3.8, 4) is 17.0 Å². The summed E-state index contributed by atoms with van der Waals surface area (Å²) in [6.07, 6.45) is 5.43. The molecule has 0 atom stereocenters. The predicted octanol–water partition coefficient (Wildman–Crippen LogP) is 5.68. The van der Waals surface area contributed by atoms with Gasteiger partial charge in [-0.3, -0.25) is 4.68 Å². The van der Waals surface area contributed by atoms with Gasteiger partial charge in [0.15, 0.2) is 5.65 Å². The van der Waals surface area contributed by atoms with Gasteiger partial charge >= 0.3 is 0 Å². The molecule has 0 saturated heterocycles. The first-order valence-corrected chi connectivity index (χ1v) is 13.5. The number of aromatic nitrogens is 5. The largest absolute Gasteiger partial charge is 0.497 e. The van der Waals surface area contributed by atoms with Crippen LogP contribution in [0, 0.1) is 6.92 Å². The maximum atomic E-state index is 14.2. The van der Waals surface area contributed by atoms with E-state index in [2.05, 4.69) is 28.5 Å². The highest BCUT2D eigenvalue weighted by atomic mass is 32.2. The molecule has 8 nitrogen and oxygen atoms in total. The number of nitrogens with zero attached hydrogens (tertiary/aromatic N) is 5. The van der Waals surface area contributed by atoms with Crippen LogP contribution in [0.1, 0.15) is 25.5 Å². The third kappa shape index (κ3) is 3.45. The molecule has 6 aromatic rings. The van der Waals surface area contributed by atoms with E-state index in [1.165, 1.54) is 3.97 Å². The van der Waals surface area contributed by atoms with Crippen LogP contribution in [0.15, 0.2) is 72.0 Å². The highest BCUT2D eigenvalue weighted by Crippen LogP contribution is 2.40. The molecule has 0 fully saturated rings. The van der Waals surface area contributed by atoms with Crippen LogP contribution in [-0.4, -0.2) is 38.8 Å². The van der Waals surface area contributed by atoms with Gasteiger partial charge in [0.2, 0.25) is 0 Å². The second kappa shape index (κ2) is 8.21. The Morgan fingerprint density at radius 3 is 2.43 bits per heavy atom. The molecule has 2 aromatic carbocycles. The minimum absolute atomic E-state index is 0.165. The number of ether oxygens (including phenoxy) is 1. The van der Waals surface area contributed by atoms with Crippen molar-refractivity contribution >= 4 is 42.9 Å². The van der Waals surface area contributed by atoms with E-state index in [1.54, 1.807) is 48.5 Å². The average Bonchev–Trinajstić information content (AvgIpc) is 3.56. The van der Waals surface area contributed by atoms with Crippen molar-refractivity contribution in [2.24, 2.45) is 7.05 Å². The van der Waals surface area contributed by atoms with Crippen LogP contribution < -0.4 is 4.74 Å². The Labute approximate surface area is 214 Å². The maximum absolute atomic E-state index is 14.2. The van der Waals surface area contributed by atoms with Crippen molar-refractivity contribution in [1.82, 2.24) is 23.3 Å². The van der Waals surface area contributed by atoms with Gasteiger partial charge in [0.25, 0.3) is 10.0 Å². The number of aryl methyl sites for hydroxylation is 2. The van der Waals surface area contributed by atoms with Crippen molar-refractivity contribution < 1.29 is 13.2 Å². The minimum Gasteiger partial charge on any atom is -0.497 e. The molecule has 4 aromatic heterocycles. The van der Waals surface area contributed by atoms with Gasteiger partial charge in [-0.1, -0.05) is 17.7 Å². The van der Waals surface area contributed by atoms with Crippen molar-refractivity contribution in [3.63, 3.8) is 0 Å².